The molecule has 0 unspecified atom stereocenters. The molecule has 0 aliphatic carbocycles. The van der Waals surface area contributed by atoms with E-state index >= 15 is 0 Å². The van der Waals surface area contributed by atoms with Gasteiger partial charge in [0, 0.05) is 16.0 Å². The average molecular weight is 422 g/mol. The summed E-state index contributed by atoms with van der Waals surface area (Å²) in [6, 6.07) is 7.29. The summed E-state index contributed by atoms with van der Waals surface area (Å²) in [6.07, 6.45) is 4.81. The second-order valence-electron chi connectivity index (χ2n) is 6.97. The highest BCUT2D eigenvalue weighted by atomic mass is 35.5. The molecule has 0 radical (unpaired) electrons. The largest absolute Gasteiger partial charge is 0.462 e. The third-order valence-electron chi connectivity index (χ3n) is 4.90. The van der Waals surface area contributed by atoms with E-state index in [-0.39, 0.29) is 12.5 Å². The second kappa shape index (κ2) is 10.0. The molecule has 7 heteroatoms. The first kappa shape index (κ1) is 20.8. The Morgan fingerprint density at radius 2 is 1.82 bits per heavy atom. The standard InChI is InChI=1S/C21H25ClN2O3S/c1-2-27-21(26)19-17(15-7-9-16(22)10-8-15)14-28-20(19)23-18(25)13-24-11-5-3-4-6-12-24/h7-10,14H,2-6,11-13H2,1H3,(H,23,25)/p+1. The molecule has 1 aliphatic heterocycles. The zero-order valence-corrected chi connectivity index (χ0v) is 17.6. The molecule has 150 valence electrons. The molecule has 0 atom stereocenters. The molecule has 2 aromatic rings. The minimum Gasteiger partial charge on any atom is -0.462 e. The lowest BCUT2D eigenvalue weighted by atomic mass is 10.0. The lowest BCUT2D eigenvalue weighted by Crippen LogP contribution is -3.12. The van der Waals surface area contributed by atoms with Gasteiger partial charge in [0.1, 0.15) is 10.6 Å². The maximum atomic E-state index is 12.6. The van der Waals surface area contributed by atoms with Crippen LogP contribution in [-0.4, -0.2) is 38.1 Å². The van der Waals surface area contributed by atoms with Gasteiger partial charge >= 0.3 is 5.97 Å². The number of ether oxygens (including phenoxy) is 1. The third-order valence-corrected chi connectivity index (χ3v) is 6.05. The summed E-state index contributed by atoms with van der Waals surface area (Å²) in [5.74, 6) is -0.488. The molecule has 1 fully saturated rings. The Labute approximate surface area is 174 Å². The van der Waals surface area contributed by atoms with Crippen molar-refractivity contribution in [1.82, 2.24) is 0 Å². The van der Waals surface area contributed by atoms with E-state index in [1.54, 1.807) is 19.1 Å². The first-order chi connectivity index (χ1) is 13.6. The predicted octanol–water partition coefficient (Wildman–Crippen LogP) is 3.64. The second-order valence-corrected chi connectivity index (χ2v) is 8.29. The maximum Gasteiger partial charge on any atom is 0.341 e. The van der Waals surface area contributed by atoms with Gasteiger partial charge in [-0.1, -0.05) is 23.7 Å². The number of hydrogen-bond donors (Lipinski definition) is 2. The lowest BCUT2D eigenvalue weighted by Gasteiger charge is -2.16. The Balaban J connectivity index is 1.80. The molecule has 1 saturated heterocycles. The van der Waals surface area contributed by atoms with E-state index in [1.165, 1.54) is 29.1 Å². The van der Waals surface area contributed by atoms with Crippen molar-refractivity contribution in [2.75, 3.05) is 31.6 Å². The van der Waals surface area contributed by atoms with Crippen molar-refractivity contribution in [1.29, 1.82) is 0 Å². The fraction of sp³-hybridized carbons (Fsp3) is 0.429. The van der Waals surface area contributed by atoms with Crippen molar-refractivity contribution in [3.63, 3.8) is 0 Å². The number of anilines is 1. The number of carbonyl (C=O) groups is 2. The highest BCUT2D eigenvalue weighted by Crippen LogP contribution is 2.36. The van der Waals surface area contributed by atoms with Crippen LogP contribution in [0.15, 0.2) is 29.6 Å². The SMILES string of the molecule is CCOC(=O)c1c(-c2ccc(Cl)cc2)csc1NC(=O)C[NH+]1CCCCCC1. The zero-order valence-electron chi connectivity index (χ0n) is 16.1. The normalized spacial score (nSPS) is 15.1. The van der Waals surface area contributed by atoms with Crippen molar-refractivity contribution >= 4 is 39.8 Å². The number of likely N-dealkylation sites (tertiary alicyclic amines) is 1. The van der Waals surface area contributed by atoms with Crippen molar-refractivity contribution in [3.8, 4) is 11.1 Å². The molecule has 1 aromatic heterocycles. The molecule has 2 heterocycles. The van der Waals surface area contributed by atoms with Crippen LogP contribution in [0.1, 0.15) is 43.0 Å². The van der Waals surface area contributed by atoms with Gasteiger partial charge in [-0.2, -0.15) is 0 Å². The van der Waals surface area contributed by atoms with Gasteiger partial charge in [0.25, 0.3) is 5.91 Å². The van der Waals surface area contributed by atoms with Crippen LogP contribution in [0.3, 0.4) is 0 Å². The van der Waals surface area contributed by atoms with E-state index in [0.717, 1.165) is 37.1 Å². The fourth-order valence-electron chi connectivity index (χ4n) is 3.50. The smallest absolute Gasteiger partial charge is 0.341 e. The molecular formula is C21H26ClN2O3S+. The van der Waals surface area contributed by atoms with Crippen molar-refractivity contribution in [2.45, 2.75) is 32.6 Å². The zero-order chi connectivity index (χ0) is 19.9. The molecule has 28 heavy (non-hydrogen) atoms. The number of nitrogens with one attached hydrogen (secondary N) is 2. The number of thiophene rings is 1. The van der Waals surface area contributed by atoms with Gasteiger partial charge in [-0.25, -0.2) is 4.79 Å². The van der Waals surface area contributed by atoms with Crippen LogP contribution in [0.4, 0.5) is 5.00 Å². The fourth-order valence-corrected chi connectivity index (χ4v) is 4.60. The summed E-state index contributed by atoms with van der Waals surface area (Å²) >= 11 is 7.33. The number of halogens is 1. The summed E-state index contributed by atoms with van der Waals surface area (Å²) in [7, 11) is 0. The quantitative estimate of drug-likeness (QED) is 0.700. The number of amides is 1. The first-order valence-corrected chi connectivity index (χ1v) is 11.0. The summed E-state index contributed by atoms with van der Waals surface area (Å²) in [6.45, 7) is 4.53. The Morgan fingerprint density at radius 3 is 2.46 bits per heavy atom. The van der Waals surface area contributed by atoms with Crippen molar-refractivity contribution in [3.05, 3.63) is 40.2 Å². The van der Waals surface area contributed by atoms with Crippen LogP contribution >= 0.6 is 22.9 Å². The number of benzene rings is 1. The minimum atomic E-state index is -0.425. The molecule has 3 rings (SSSR count). The number of hydrogen-bond acceptors (Lipinski definition) is 4. The number of rotatable bonds is 6. The van der Waals surface area contributed by atoms with Gasteiger partial charge in [-0.3, -0.25) is 4.79 Å². The van der Waals surface area contributed by atoms with Crippen molar-refractivity contribution < 1.29 is 19.2 Å². The molecular weight excluding hydrogens is 396 g/mol. The van der Waals surface area contributed by atoms with Gasteiger partial charge in [-0.15, -0.1) is 11.3 Å². The van der Waals surface area contributed by atoms with Gasteiger partial charge < -0.3 is 15.0 Å². The van der Waals surface area contributed by atoms with E-state index in [0.29, 0.717) is 22.1 Å². The van der Waals surface area contributed by atoms with Crippen LogP contribution < -0.4 is 10.2 Å². The number of carbonyl (C=O) groups excluding carboxylic acids is 2. The van der Waals surface area contributed by atoms with E-state index in [1.807, 2.05) is 17.5 Å². The van der Waals surface area contributed by atoms with Crippen molar-refractivity contribution in [2.24, 2.45) is 0 Å². The Kier molecular flexibility index (Phi) is 7.48. The summed E-state index contributed by atoms with van der Waals surface area (Å²) in [5, 5.41) is 6.00. The third kappa shape index (κ3) is 5.34. The molecule has 0 bridgehead atoms. The van der Waals surface area contributed by atoms with Crippen LogP contribution in [-0.2, 0) is 9.53 Å². The lowest BCUT2D eigenvalue weighted by molar-refractivity contribution is -0.890. The molecule has 1 amide bonds. The van der Waals surface area contributed by atoms with Gasteiger partial charge in [-0.05, 0) is 50.3 Å². The first-order valence-electron chi connectivity index (χ1n) is 9.76. The molecule has 2 N–H and O–H groups in total. The Morgan fingerprint density at radius 1 is 1.14 bits per heavy atom. The molecule has 0 spiro atoms. The maximum absolute atomic E-state index is 12.6. The van der Waals surface area contributed by atoms with Gasteiger partial charge in [0.2, 0.25) is 0 Å². The van der Waals surface area contributed by atoms with Crippen LogP contribution in [0.2, 0.25) is 5.02 Å². The summed E-state index contributed by atoms with van der Waals surface area (Å²) < 4.78 is 5.25. The van der Waals surface area contributed by atoms with E-state index in [2.05, 4.69) is 5.32 Å². The van der Waals surface area contributed by atoms with E-state index in [9.17, 15) is 9.59 Å². The molecule has 1 aromatic carbocycles. The van der Waals surface area contributed by atoms with E-state index < -0.39 is 5.97 Å². The molecule has 0 saturated carbocycles. The van der Waals surface area contributed by atoms with E-state index in [4.69, 9.17) is 16.3 Å². The van der Waals surface area contributed by atoms with Gasteiger partial charge in [0.05, 0.1) is 19.7 Å². The number of quaternary nitrogens is 1. The monoisotopic (exact) mass is 421 g/mol. The van der Waals surface area contributed by atoms with Crippen LogP contribution in [0.25, 0.3) is 11.1 Å². The highest BCUT2D eigenvalue weighted by molar-refractivity contribution is 7.15. The van der Waals surface area contributed by atoms with Gasteiger partial charge in [0.15, 0.2) is 6.54 Å². The number of esters is 1. The summed E-state index contributed by atoms with van der Waals surface area (Å²) in [4.78, 5) is 26.5. The average Bonchev–Trinajstić information content (AvgIpc) is 2.90. The molecule has 1 aliphatic rings. The topological polar surface area (TPSA) is 59.8 Å². The Bertz CT molecular complexity index is 812. The van der Waals surface area contributed by atoms with Crippen LogP contribution in [0.5, 0.6) is 0 Å². The Hall–Kier alpha value is -1.89. The minimum absolute atomic E-state index is 0.0630. The molecule has 5 nitrogen and oxygen atoms in total. The van der Waals surface area contributed by atoms with Crippen LogP contribution in [0, 0.1) is 0 Å². The summed E-state index contributed by atoms with van der Waals surface area (Å²) in [5.41, 5.74) is 2.02. The predicted molar refractivity (Wildman–Crippen MR) is 113 cm³/mol. The highest BCUT2D eigenvalue weighted by Gasteiger charge is 2.24.